The van der Waals surface area contributed by atoms with Gasteiger partial charge in [0.05, 0.1) is 5.25 Å². The van der Waals surface area contributed by atoms with E-state index in [2.05, 4.69) is 12.2 Å². The molecule has 96 valence electrons. The van der Waals surface area contributed by atoms with Crippen molar-refractivity contribution in [1.29, 1.82) is 0 Å². The van der Waals surface area contributed by atoms with Crippen molar-refractivity contribution in [3.63, 3.8) is 0 Å². The predicted octanol–water partition coefficient (Wildman–Crippen LogP) is 1.19. The fourth-order valence-corrected chi connectivity index (χ4v) is 2.85. The summed E-state index contributed by atoms with van der Waals surface area (Å²) < 4.78 is 25.6. The van der Waals surface area contributed by atoms with E-state index in [0.29, 0.717) is 19.1 Å². The molecule has 0 heterocycles. The minimum Gasteiger partial charge on any atom is -0.313 e. The zero-order valence-corrected chi connectivity index (χ0v) is 11.4. The van der Waals surface area contributed by atoms with Gasteiger partial charge in [-0.2, -0.15) is 0 Å². The van der Waals surface area contributed by atoms with Crippen LogP contribution in [-0.2, 0) is 10.0 Å². The number of unbranched alkanes of at least 4 members (excludes halogenated alkanes) is 1. The van der Waals surface area contributed by atoms with Crippen molar-refractivity contribution in [2.75, 3.05) is 20.1 Å². The van der Waals surface area contributed by atoms with Crippen LogP contribution in [0.3, 0.4) is 0 Å². The van der Waals surface area contributed by atoms with Gasteiger partial charge in [-0.05, 0) is 26.2 Å². The summed E-state index contributed by atoms with van der Waals surface area (Å²) in [6.45, 7) is 5.06. The molecule has 5 heteroatoms. The normalized spacial score (nSPS) is 19.0. The highest BCUT2D eigenvalue weighted by Gasteiger charge is 2.28. The Labute approximate surface area is 99.5 Å². The maximum Gasteiger partial charge on any atom is 0.217 e. The Bertz CT molecular complexity index is 299. The molecule has 16 heavy (non-hydrogen) atoms. The first-order chi connectivity index (χ1) is 7.48. The van der Waals surface area contributed by atoms with E-state index in [4.69, 9.17) is 0 Å². The van der Waals surface area contributed by atoms with Gasteiger partial charge in [-0.15, -0.1) is 0 Å². The molecule has 4 nitrogen and oxygen atoms in total. The molecule has 1 unspecified atom stereocenters. The molecule has 0 spiro atoms. The first-order valence-electron chi connectivity index (χ1n) is 6.17. The summed E-state index contributed by atoms with van der Waals surface area (Å²) in [5.74, 6) is 0. The van der Waals surface area contributed by atoms with Crippen molar-refractivity contribution in [2.45, 2.75) is 50.8 Å². The van der Waals surface area contributed by atoms with Gasteiger partial charge in [0.25, 0.3) is 0 Å². The average Bonchev–Trinajstić information content (AvgIpc) is 3.05. The third kappa shape index (κ3) is 4.03. The highest BCUT2D eigenvalue weighted by Crippen LogP contribution is 2.19. The van der Waals surface area contributed by atoms with Gasteiger partial charge in [0, 0.05) is 26.2 Å². The van der Waals surface area contributed by atoms with E-state index in [1.807, 2.05) is 0 Å². The lowest BCUT2D eigenvalue weighted by Gasteiger charge is -2.22. The zero-order chi connectivity index (χ0) is 12.2. The number of nitrogens with zero attached hydrogens (tertiary/aromatic N) is 1. The molecule has 0 aliphatic heterocycles. The summed E-state index contributed by atoms with van der Waals surface area (Å²) in [5, 5.41) is 2.94. The van der Waals surface area contributed by atoms with Crippen LogP contribution in [0.25, 0.3) is 0 Å². The third-order valence-electron chi connectivity index (χ3n) is 3.04. The van der Waals surface area contributed by atoms with Crippen molar-refractivity contribution < 1.29 is 8.42 Å². The molecule has 0 aromatic heterocycles. The van der Waals surface area contributed by atoms with Crippen LogP contribution in [0, 0.1) is 0 Å². The number of hydrogen-bond acceptors (Lipinski definition) is 3. The van der Waals surface area contributed by atoms with Gasteiger partial charge in [0.1, 0.15) is 0 Å². The maximum absolute atomic E-state index is 12.1. The summed E-state index contributed by atoms with van der Waals surface area (Å²) in [6.07, 6.45) is 4.34. The largest absolute Gasteiger partial charge is 0.313 e. The van der Waals surface area contributed by atoms with Crippen LogP contribution in [0.2, 0.25) is 0 Å². The molecule has 1 atom stereocenters. The van der Waals surface area contributed by atoms with Crippen LogP contribution in [0.15, 0.2) is 0 Å². The summed E-state index contributed by atoms with van der Waals surface area (Å²) in [7, 11) is -1.43. The van der Waals surface area contributed by atoms with E-state index in [1.54, 1.807) is 14.0 Å². The fraction of sp³-hybridized carbons (Fsp3) is 1.00. The molecule has 1 rings (SSSR count). The van der Waals surface area contributed by atoms with Crippen molar-refractivity contribution in [1.82, 2.24) is 9.62 Å². The second kappa shape index (κ2) is 5.98. The molecule has 0 saturated heterocycles. The second-order valence-corrected chi connectivity index (χ2v) is 7.17. The van der Waals surface area contributed by atoms with Crippen LogP contribution in [0.4, 0.5) is 0 Å². The van der Waals surface area contributed by atoms with Crippen molar-refractivity contribution in [3.8, 4) is 0 Å². The van der Waals surface area contributed by atoms with Crippen molar-refractivity contribution in [3.05, 3.63) is 0 Å². The minimum absolute atomic E-state index is 0.324. The first kappa shape index (κ1) is 13.9. The van der Waals surface area contributed by atoms with Crippen LogP contribution < -0.4 is 5.32 Å². The monoisotopic (exact) mass is 248 g/mol. The van der Waals surface area contributed by atoms with E-state index in [0.717, 1.165) is 12.8 Å². The fourth-order valence-electron chi connectivity index (χ4n) is 1.54. The van der Waals surface area contributed by atoms with Gasteiger partial charge >= 0.3 is 0 Å². The SMILES string of the molecule is CCCCN(C)S(=O)(=O)C(C)CNC1CC1. The molecule has 0 radical (unpaired) electrons. The predicted molar refractivity (Wildman–Crippen MR) is 66.9 cm³/mol. The van der Waals surface area contributed by atoms with Gasteiger partial charge in [0.2, 0.25) is 10.0 Å². The Kier molecular flexibility index (Phi) is 5.21. The molecule has 0 aromatic rings. The first-order valence-corrected chi connectivity index (χ1v) is 7.67. The number of nitrogens with one attached hydrogen (secondary N) is 1. The summed E-state index contributed by atoms with van der Waals surface area (Å²) in [6, 6.07) is 0.568. The van der Waals surface area contributed by atoms with E-state index >= 15 is 0 Å². The summed E-state index contributed by atoms with van der Waals surface area (Å²) >= 11 is 0. The Hall–Kier alpha value is -0.130. The molecular weight excluding hydrogens is 224 g/mol. The molecule has 1 fully saturated rings. The number of sulfonamides is 1. The Morgan fingerprint density at radius 1 is 1.44 bits per heavy atom. The van der Waals surface area contributed by atoms with E-state index in [-0.39, 0.29) is 5.25 Å². The highest BCUT2D eigenvalue weighted by atomic mass is 32.2. The topological polar surface area (TPSA) is 49.4 Å². The van der Waals surface area contributed by atoms with Crippen LogP contribution >= 0.6 is 0 Å². The average molecular weight is 248 g/mol. The van der Waals surface area contributed by atoms with Gasteiger partial charge in [-0.3, -0.25) is 0 Å². The molecular formula is C11H24N2O2S. The minimum atomic E-state index is -3.11. The van der Waals surface area contributed by atoms with E-state index in [9.17, 15) is 8.42 Å². The lowest BCUT2D eigenvalue weighted by Crippen LogP contribution is -2.40. The molecule has 0 amide bonds. The summed E-state index contributed by atoms with van der Waals surface area (Å²) in [4.78, 5) is 0. The Morgan fingerprint density at radius 3 is 2.56 bits per heavy atom. The van der Waals surface area contributed by atoms with Gasteiger partial charge < -0.3 is 5.32 Å². The molecule has 1 N–H and O–H groups in total. The van der Waals surface area contributed by atoms with E-state index in [1.165, 1.54) is 17.1 Å². The lowest BCUT2D eigenvalue weighted by atomic mass is 10.3. The molecule has 1 aliphatic carbocycles. The van der Waals surface area contributed by atoms with Gasteiger partial charge in [0.15, 0.2) is 0 Å². The molecule has 1 aliphatic rings. The smallest absolute Gasteiger partial charge is 0.217 e. The lowest BCUT2D eigenvalue weighted by molar-refractivity contribution is 0.447. The summed E-state index contributed by atoms with van der Waals surface area (Å²) in [5.41, 5.74) is 0. The molecule has 0 bridgehead atoms. The zero-order valence-electron chi connectivity index (χ0n) is 10.6. The van der Waals surface area contributed by atoms with Gasteiger partial charge in [-0.1, -0.05) is 13.3 Å². The Balaban J connectivity index is 2.39. The highest BCUT2D eigenvalue weighted by molar-refractivity contribution is 7.89. The van der Waals surface area contributed by atoms with Gasteiger partial charge in [-0.25, -0.2) is 12.7 Å². The standard InChI is InChI=1S/C11H24N2O2S/c1-4-5-8-13(3)16(14,15)10(2)9-12-11-6-7-11/h10-12H,4-9H2,1-3H3. The molecule has 0 aromatic carbocycles. The maximum atomic E-state index is 12.1. The quantitative estimate of drug-likeness (QED) is 0.702. The van der Waals surface area contributed by atoms with Crippen LogP contribution in [0.5, 0.6) is 0 Å². The van der Waals surface area contributed by atoms with Crippen LogP contribution in [-0.4, -0.2) is 44.2 Å². The van der Waals surface area contributed by atoms with Crippen molar-refractivity contribution in [2.24, 2.45) is 0 Å². The Morgan fingerprint density at radius 2 is 2.06 bits per heavy atom. The van der Waals surface area contributed by atoms with Crippen LogP contribution in [0.1, 0.15) is 39.5 Å². The van der Waals surface area contributed by atoms with Crippen molar-refractivity contribution >= 4 is 10.0 Å². The second-order valence-electron chi connectivity index (χ2n) is 4.71. The third-order valence-corrected chi connectivity index (χ3v) is 5.28. The molecule has 1 saturated carbocycles. The van der Waals surface area contributed by atoms with E-state index < -0.39 is 10.0 Å². The number of hydrogen-bond donors (Lipinski definition) is 1. The number of rotatable bonds is 8.